The van der Waals surface area contributed by atoms with Gasteiger partial charge in [0.2, 0.25) is 10.0 Å². The number of nitrogens with two attached hydrogens (primary N) is 1. The molecule has 0 spiro atoms. The number of nitrogens with one attached hydrogen (secondary N) is 1. The van der Waals surface area contributed by atoms with Crippen LogP contribution < -0.4 is 10.5 Å². The van der Waals surface area contributed by atoms with Crippen molar-refractivity contribution in [1.82, 2.24) is 10.2 Å². The predicted molar refractivity (Wildman–Crippen MR) is 117 cm³/mol. The van der Waals surface area contributed by atoms with Crippen molar-refractivity contribution in [2.24, 2.45) is 10.1 Å². The Morgan fingerprint density at radius 2 is 2.04 bits per heavy atom. The second-order valence-electron chi connectivity index (χ2n) is 6.01. The normalized spacial score (nSPS) is 17.8. The number of sulfonamides is 1. The van der Waals surface area contributed by atoms with Gasteiger partial charge in [0.25, 0.3) is 0 Å². The van der Waals surface area contributed by atoms with E-state index in [2.05, 4.69) is 39.5 Å². The molecule has 26 heavy (non-hydrogen) atoms. The zero-order valence-corrected chi connectivity index (χ0v) is 18.4. The van der Waals surface area contributed by atoms with Crippen molar-refractivity contribution >= 4 is 51.3 Å². The molecule has 1 aromatic carbocycles. The molecule has 3 rings (SSSR count). The van der Waals surface area contributed by atoms with Crippen molar-refractivity contribution in [1.29, 1.82) is 0 Å². The van der Waals surface area contributed by atoms with E-state index >= 15 is 0 Å². The number of guanidine groups is 1. The molecule has 1 saturated heterocycles. The first-order valence-corrected chi connectivity index (χ1v) is 10.5. The van der Waals surface area contributed by atoms with E-state index in [-0.39, 0.29) is 28.2 Å². The Bertz CT molecular complexity index is 853. The summed E-state index contributed by atoms with van der Waals surface area (Å²) in [6, 6.07) is 13.8. The standard InChI is InChI=1S/C17H22N4O2S2.HI/c1-19-17(20-11-15-7-8-16(24-15)25(18,22)23)21-10-9-14(12-21)13-5-3-2-4-6-13;/h2-8,14H,9-12H2,1H3,(H,19,20)(H2,18,22,23);1H. The van der Waals surface area contributed by atoms with Gasteiger partial charge in [0, 0.05) is 30.9 Å². The van der Waals surface area contributed by atoms with Crippen LogP contribution >= 0.6 is 35.3 Å². The van der Waals surface area contributed by atoms with Gasteiger partial charge in [-0.25, -0.2) is 13.6 Å². The number of nitrogens with zero attached hydrogens (tertiary/aromatic N) is 2. The van der Waals surface area contributed by atoms with Crippen LogP contribution in [0.3, 0.4) is 0 Å². The molecule has 6 nitrogen and oxygen atoms in total. The summed E-state index contributed by atoms with van der Waals surface area (Å²) in [4.78, 5) is 7.51. The number of rotatable bonds is 4. The highest BCUT2D eigenvalue weighted by molar-refractivity contribution is 14.0. The molecule has 0 radical (unpaired) electrons. The Hall–Kier alpha value is -1.17. The third-order valence-corrected chi connectivity index (χ3v) is 6.83. The Kier molecular flexibility index (Phi) is 7.44. The minimum Gasteiger partial charge on any atom is -0.351 e. The molecule has 1 atom stereocenters. The minimum atomic E-state index is -3.63. The number of thiophene rings is 1. The Balaban J connectivity index is 0.00000243. The lowest BCUT2D eigenvalue weighted by Crippen LogP contribution is -2.39. The first kappa shape index (κ1) is 21.1. The van der Waals surface area contributed by atoms with Crippen LogP contribution in [0.1, 0.15) is 22.8 Å². The Labute approximate surface area is 175 Å². The van der Waals surface area contributed by atoms with Crippen LogP contribution in [-0.4, -0.2) is 39.4 Å². The molecule has 2 aromatic rings. The molecule has 1 unspecified atom stereocenters. The molecular weight excluding hydrogens is 483 g/mol. The van der Waals surface area contributed by atoms with Crippen molar-refractivity contribution in [3.05, 3.63) is 52.9 Å². The zero-order chi connectivity index (χ0) is 17.9. The van der Waals surface area contributed by atoms with Crippen molar-refractivity contribution in [3.8, 4) is 0 Å². The van der Waals surface area contributed by atoms with Gasteiger partial charge in [0.15, 0.2) is 5.96 Å². The van der Waals surface area contributed by atoms with E-state index in [1.54, 1.807) is 19.2 Å². The van der Waals surface area contributed by atoms with E-state index in [0.29, 0.717) is 12.5 Å². The summed E-state index contributed by atoms with van der Waals surface area (Å²) in [7, 11) is -1.86. The van der Waals surface area contributed by atoms with Gasteiger partial charge in [-0.2, -0.15) is 0 Å². The average Bonchev–Trinajstić information content (AvgIpc) is 3.25. The maximum Gasteiger partial charge on any atom is 0.247 e. The van der Waals surface area contributed by atoms with Crippen LogP contribution in [-0.2, 0) is 16.6 Å². The van der Waals surface area contributed by atoms with Crippen molar-refractivity contribution in [2.45, 2.75) is 23.1 Å². The lowest BCUT2D eigenvalue weighted by Gasteiger charge is -2.21. The van der Waals surface area contributed by atoms with Gasteiger partial charge < -0.3 is 10.2 Å². The minimum absolute atomic E-state index is 0. The van der Waals surface area contributed by atoms with Gasteiger partial charge in [-0.15, -0.1) is 35.3 Å². The molecule has 0 aliphatic carbocycles. The molecule has 3 N–H and O–H groups in total. The number of aliphatic imine (C=N–C) groups is 1. The Morgan fingerprint density at radius 1 is 1.31 bits per heavy atom. The third kappa shape index (κ3) is 5.18. The molecule has 0 amide bonds. The van der Waals surface area contributed by atoms with E-state index in [9.17, 15) is 8.42 Å². The second-order valence-corrected chi connectivity index (χ2v) is 8.97. The van der Waals surface area contributed by atoms with E-state index in [0.717, 1.165) is 30.3 Å². The smallest absolute Gasteiger partial charge is 0.247 e. The van der Waals surface area contributed by atoms with Gasteiger partial charge >= 0.3 is 0 Å². The fourth-order valence-electron chi connectivity index (χ4n) is 3.05. The highest BCUT2D eigenvalue weighted by atomic mass is 127. The van der Waals surface area contributed by atoms with Crippen molar-refractivity contribution in [3.63, 3.8) is 0 Å². The predicted octanol–water partition coefficient (Wildman–Crippen LogP) is 2.58. The lowest BCUT2D eigenvalue weighted by atomic mass is 9.99. The summed E-state index contributed by atoms with van der Waals surface area (Å²) in [6.07, 6.45) is 1.10. The number of likely N-dealkylation sites (tertiary alicyclic amines) is 1. The summed E-state index contributed by atoms with van der Waals surface area (Å²) >= 11 is 1.18. The van der Waals surface area contributed by atoms with E-state index in [4.69, 9.17) is 5.14 Å². The van der Waals surface area contributed by atoms with E-state index < -0.39 is 10.0 Å². The van der Waals surface area contributed by atoms with Crippen molar-refractivity contribution in [2.75, 3.05) is 20.1 Å². The summed E-state index contributed by atoms with van der Waals surface area (Å²) in [6.45, 7) is 2.40. The first-order valence-electron chi connectivity index (χ1n) is 8.09. The largest absolute Gasteiger partial charge is 0.351 e. The van der Waals surface area contributed by atoms with Crippen LogP contribution in [0, 0.1) is 0 Å². The topological polar surface area (TPSA) is 87.8 Å². The van der Waals surface area contributed by atoms with Crippen molar-refractivity contribution < 1.29 is 8.42 Å². The van der Waals surface area contributed by atoms with Gasteiger partial charge in [0.1, 0.15) is 4.21 Å². The summed E-state index contributed by atoms with van der Waals surface area (Å²) in [5, 5.41) is 8.47. The van der Waals surface area contributed by atoms with Crippen LogP contribution in [0.4, 0.5) is 0 Å². The molecule has 142 valence electrons. The van der Waals surface area contributed by atoms with Crippen LogP contribution in [0.15, 0.2) is 51.7 Å². The third-order valence-electron chi connectivity index (χ3n) is 4.31. The zero-order valence-electron chi connectivity index (χ0n) is 14.5. The highest BCUT2D eigenvalue weighted by Gasteiger charge is 2.25. The lowest BCUT2D eigenvalue weighted by molar-refractivity contribution is 0.486. The van der Waals surface area contributed by atoms with Gasteiger partial charge in [-0.1, -0.05) is 30.3 Å². The molecule has 1 fully saturated rings. The van der Waals surface area contributed by atoms with Crippen LogP contribution in [0.25, 0.3) is 0 Å². The van der Waals surface area contributed by atoms with Gasteiger partial charge in [-0.05, 0) is 24.1 Å². The number of hydrogen-bond acceptors (Lipinski definition) is 4. The van der Waals surface area contributed by atoms with Gasteiger partial charge in [-0.3, -0.25) is 4.99 Å². The summed E-state index contributed by atoms with van der Waals surface area (Å²) in [5.74, 6) is 1.35. The van der Waals surface area contributed by atoms with Gasteiger partial charge in [0.05, 0.1) is 6.54 Å². The van der Waals surface area contributed by atoms with E-state index in [1.807, 2.05) is 6.07 Å². The molecule has 0 saturated carbocycles. The fraction of sp³-hybridized carbons (Fsp3) is 0.353. The SMILES string of the molecule is CN=C(NCc1ccc(S(N)(=O)=O)s1)N1CCC(c2ccccc2)C1.I. The van der Waals surface area contributed by atoms with Crippen LogP contribution in [0.2, 0.25) is 0 Å². The average molecular weight is 506 g/mol. The summed E-state index contributed by atoms with van der Waals surface area (Å²) in [5.41, 5.74) is 1.36. The molecule has 9 heteroatoms. The number of primary sulfonamides is 1. The second kappa shape index (κ2) is 9.16. The molecule has 0 bridgehead atoms. The maximum atomic E-state index is 11.4. The fourth-order valence-corrected chi connectivity index (χ4v) is 4.77. The maximum absolute atomic E-state index is 11.4. The number of benzene rings is 1. The molecule has 1 aromatic heterocycles. The van der Waals surface area contributed by atoms with E-state index in [1.165, 1.54) is 16.9 Å². The molecule has 1 aliphatic rings. The Morgan fingerprint density at radius 3 is 2.65 bits per heavy atom. The quantitative estimate of drug-likeness (QED) is 0.379. The number of halogens is 1. The molecular formula is C17H23IN4O2S2. The monoisotopic (exact) mass is 506 g/mol. The number of hydrogen-bond donors (Lipinski definition) is 2. The highest BCUT2D eigenvalue weighted by Crippen LogP contribution is 2.27. The summed E-state index contributed by atoms with van der Waals surface area (Å²) < 4.78 is 22.9. The first-order chi connectivity index (χ1) is 12.0. The molecule has 1 aliphatic heterocycles. The molecule has 2 heterocycles. The van der Waals surface area contributed by atoms with Crippen LogP contribution in [0.5, 0.6) is 0 Å².